The van der Waals surface area contributed by atoms with Gasteiger partial charge in [-0.15, -0.1) is 0 Å². The van der Waals surface area contributed by atoms with Crippen LogP contribution in [0.3, 0.4) is 0 Å². The molecule has 7 rings (SSSR count). The van der Waals surface area contributed by atoms with Gasteiger partial charge >= 0.3 is 0 Å². The van der Waals surface area contributed by atoms with Gasteiger partial charge in [-0.05, 0) is 72.1 Å². The number of H-pyrrole nitrogens is 1. The highest BCUT2D eigenvalue weighted by molar-refractivity contribution is 6.34. The maximum absolute atomic E-state index is 13.4. The number of nitrogens with one attached hydrogen (secondary N) is 1. The molecule has 9 nitrogen and oxygen atoms in total. The predicted octanol–water partition coefficient (Wildman–Crippen LogP) is 4.94. The number of imide groups is 2. The van der Waals surface area contributed by atoms with Crippen molar-refractivity contribution >= 4 is 40.3 Å². The molecule has 0 atom stereocenters. The van der Waals surface area contributed by atoms with Crippen LogP contribution in [-0.4, -0.2) is 50.7 Å². The molecule has 1 aromatic heterocycles. The molecule has 4 aromatic carbocycles. The molecular weight excluding hydrogens is 508 g/mol. The molecule has 5 aromatic rings. The quantitative estimate of drug-likeness (QED) is 0.320. The molecule has 0 radical (unpaired) electrons. The summed E-state index contributed by atoms with van der Waals surface area (Å²) in [5.74, 6) is -1.44. The Labute approximate surface area is 227 Å². The van der Waals surface area contributed by atoms with E-state index >= 15 is 0 Å². The summed E-state index contributed by atoms with van der Waals surface area (Å²) in [6.45, 7) is 1.98. The van der Waals surface area contributed by atoms with Crippen molar-refractivity contribution in [3.63, 3.8) is 0 Å². The Kier molecular flexibility index (Phi) is 4.83. The van der Waals surface area contributed by atoms with Gasteiger partial charge in [0.15, 0.2) is 0 Å². The lowest BCUT2D eigenvalue weighted by Crippen LogP contribution is -2.29. The van der Waals surface area contributed by atoms with Gasteiger partial charge in [0.05, 0.1) is 44.5 Å². The number of hydrogen-bond acceptors (Lipinski definition) is 6. The number of imidazole rings is 1. The minimum Gasteiger partial charge on any atom is -0.507 e. The number of fused-ring (bicyclic) bond motifs is 3. The van der Waals surface area contributed by atoms with Gasteiger partial charge in [0, 0.05) is 13.1 Å². The van der Waals surface area contributed by atoms with Crippen LogP contribution in [0.25, 0.3) is 33.5 Å². The van der Waals surface area contributed by atoms with Gasteiger partial charge in [0.2, 0.25) is 0 Å². The van der Waals surface area contributed by atoms with Gasteiger partial charge in [-0.2, -0.15) is 0 Å². The van der Waals surface area contributed by atoms with E-state index in [1.807, 2.05) is 25.1 Å². The SMILES string of the molecule is Cc1ccc2nc(-c3ccc(N4C(=O)c5ccc(-c6ccc7c(c6)C(=O)N(C)C7=O)cc5C4=O)cc3O)[nH]c2c1. The van der Waals surface area contributed by atoms with E-state index in [0.717, 1.165) is 26.4 Å². The molecule has 0 saturated carbocycles. The molecule has 9 heteroatoms. The first-order valence-corrected chi connectivity index (χ1v) is 12.5. The van der Waals surface area contributed by atoms with Gasteiger partial charge in [0.25, 0.3) is 23.6 Å². The molecule has 0 saturated heterocycles. The zero-order valence-electron chi connectivity index (χ0n) is 21.4. The maximum atomic E-state index is 13.4. The first-order chi connectivity index (χ1) is 19.2. The summed E-state index contributed by atoms with van der Waals surface area (Å²) >= 11 is 0. The van der Waals surface area contributed by atoms with E-state index in [9.17, 15) is 24.3 Å². The van der Waals surface area contributed by atoms with Crippen LogP contribution >= 0.6 is 0 Å². The van der Waals surface area contributed by atoms with E-state index in [4.69, 9.17) is 0 Å². The number of aryl methyl sites for hydroxylation is 1. The number of hydrogen-bond donors (Lipinski definition) is 2. The van der Waals surface area contributed by atoms with Gasteiger partial charge < -0.3 is 10.1 Å². The number of phenols is 1. The third-order valence-electron chi connectivity index (χ3n) is 7.44. The second-order valence-corrected chi connectivity index (χ2v) is 9.94. The van der Waals surface area contributed by atoms with Crippen molar-refractivity contribution in [1.82, 2.24) is 14.9 Å². The third-order valence-corrected chi connectivity index (χ3v) is 7.44. The Morgan fingerprint density at radius 1 is 0.675 bits per heavy atom. The lowest BCUT2D eigenvalue weighted by molar-refractivity contribution is 0.0692. The smallest absolute Gasteiger partial charge is 0.266 e. The highest BCUT2D eigenvalue weighted by atomic mass is 16.3. The number of carbonyl (C=O) groups is 4. The van der Waals surface area contributed by atoms with Gasteiger partial charge in [0.1, 0.15) is 11.6 Å². The Balaban J connectivity index is 1.22. The topological polar surface area (TPSA) is 124 Å². The van der Waals surface area contributed by atoms with Crippen molar-refractivity contribution < 1.29 is 24.3 Å². The first kappa shape index (κ1) is 23.5. The highest BCUT2D eigenvalue weighted by Gasteiger charge is 2.38. The summed E-state index contributed by atoms with van der Waals surface area (Å²) in [7, 11) is 1.43. The molecule has 0 bridgehead atoms. The lowest BCUT2D eigenvalue weighted by atomic mass is 9.97. The van der Waals surface area contributed by atoms with E-state index < -0.39 is 11.8 Å². The Bertz CT molecular complexity index is 1990. The van der Waals surface area contributed by atoms with Crippen molar-refractivity contribution in [3.05, 3.63) is 101 Å². The van der Waals surface area contributed by atoms with Crippen molar-refractivity contribution in [2.45, 2.75) is 6.92 Å². The van der Waals surface area contributed by atoms with E-state index in [1.165, 1.54) is 13.1 Å². The van der Waals surface area contributed by atoms with Gasteiger partial charge in [-0.1, -0.05) is 18.2 Å². The summed E-state index contributed by atoms with van der Waals surface area (Å²) in [6, 6.07) is 20.2. The van der Waals surface area contributed by atoms with Gasteiger partial charge in [-0.25, -0.2) is 9.88 Å². The van der Waals surface area contributed by atoms with E-state index in [-0.39, 0.29) is 34.4 Å². The Morgan fingerprint density at radius 2 is 1.27 bits per heavy atom. The minimum absolute atomic E-state index is 0.132. The largest absolute Gasteiger partial charge is 0.507 e. The Hall–Kier alpha value is -5.57. The molecule has 0 unspecified atom stereocenters. The second kappa shape index (κ2) is 8.21. The molecule has 0 aliphatic carbocycles. The molecule has 0 spiro atoms. The molecule has 2 aliphatic rings. The second-order valence-electron chi connectivity index (χ2n) is 9.94. The fourth-order valence-corrected chi connectivity index (χ4v) is 5.31. The van der Waals surface area contributed by atoms with Crippen LogP contribution in [0.4, 0.5) is 5.69 Å². The molecule has 0 fully saturated rings. The molecule has 3 heterocycles. The van der Waals surface area contributed by atoms with Gasteiger partial charge in [-0.3, -0.25) is 24.1 Å². The molecular formula is C31H20N4O5. The fourth-order valence-electron chi connectivity index (χ4n) is 5.31. The maximum Gasteiger partial charge on any atom is 0.266 e. The zero-order valence-corrected chi connectivity index (χ0v) is 21.4. The number of aromatic nitrogens is 2. The number of rotatable bonds is 3. The number of anilines is 1. The van der Waals surface area contributed by atoms with Crippen LogP contribution < -0.4 is 4.90 Å². The number of amides is 4. The number of carbonyl (C=O) groups excluding carboxylic acids is 4. The minimum atomic E-state index is -0.527. The number of aromatic amines is 1. The van der Waals surface area contributed by atoms with Crippen molar-refractivity contribution in [1.29, 1.82) is 0 Å². The van der Waals surface area contributed by atoms with Crippen LogP contribution in [0.1, 0.15) is 47.0 Å². The molecule has 40 heavy (non-hydrogen) atoms. The molecule has 2 aliphatic heterocycles. The summed E-state index contributed by atoms with van der Waals surface area (Å²) in [5.41, 5.74) is 5.65. The van der Waals surface area contributed by atoms with Crippen molar-refractivity contribution in [2.24, 2.45) is 0 Å². The first-order valence-electron chi connectivity index (χ1n) is 12.5. The highest BCUT2D eigenvalue weighted by Crippen LogP contribution is 2.37. The van der Waals surface area contributed by atoms with Crippen molar-refractivity contribution in [3.8, 4) is 28.3 Å². The monoisotopic (exact) mass is 528 g/mol. The zero-order chi connectivity index (χ0) is 27.9. The van der Waals surface area contributed by atoms with E-state index in [2.05, 4.69) is 9.97 Å². The fraction of sp³-hybridized carbons (Fsp3) is 0.0645. The number of benzene rings is 4. The van der Waals surface area contributed by atoms with Crippen LogP contribution in [0, 0.1) is 6.92 Å². The summed E-state index contributed by atoms with van der Waals surface area (Å²) in [4.78, 5) is 61.2. The van der Waals surface area contributed by atoms with Crippen LogP contribution in [0.2, 0.25) is 0 Å². The average molecular weight is 529 g/mol. The normalized spacial score (nSPS) is 14.4. The standard InChI is InChI=1S/C31H20N4O5/c1-15-3-10-24-25(11-15)33-27(32-24)21-9-6-18(14-26(21)36)35-30(39)20-8-5-17(13-23(20)31(35)40)16-4-7-19-22(12-16)29(38)34(2)28(19)37/h3-14,36H,1-2H3,(H,32,33). The number of phenolic OH excluding ortho intramolecular Hbond substituents is 1. The van der Waals surface area contributed by atoms with Crippen LogP contribution in [-0.2, 0) is 0 Å². The molecule has 194 valence electrons. The summed E-state index contributed by atoms with van der Waals surface area (Å²) < 4.78 is 0. The van der Waals surface area contributed by atoms with Crippen LogP contribution in [0.15, 0.2) is 72.8 Å². The average Bonchev–Trinajstić information content (AvgIpc) is 3.55. The third kappa shape index (κ3) is 3.31. The molecule has 2 N–H and O–H groups in total. The predicted molar refractivity (Wildman–Crippen MR) is 147 cm³/mol. The number of aromatic hydroxyl groups is 1. The lowest BCUT2D eigenvalue weighted by Gasteiger charge is -2.15. The Morgan fingerprint density at radius 3 is 1.98 bits per heavy atom. The molecule has 4 amide bonds. The van der Waals surface area contributed by atoms with Crippen molar-refractivity contribution in [2.75, 3.05) is 11.9 Å². The van der Waals surface area contributed by atoms with E-state index in [1.54, 1.807) is 48.5 Å². The van der Waals surface area contributed by atoms with E-state index in [0.29, 0.717) is 33.6 Å². The summed E-state index contributed by atoms with van der Waals surface area (Å²) in [6.07, 6.45) is 0. The number of nitrogens with zero attached hydrogens (tertiary/aromatic N) is 3. The van der Waals surface area contributed by atoms with Crippen LogP contribution in [0.5, 0.6) is 5.75 Å². The summed E-state index contributed by atoms with van der Waals surface area (Å²) in [5, 5.41) is 10.8.